The molecule has 0 saturated carbocycles. The van der Waals surface area contributed by atoms with E-state index in [2.05, 4.69) is 15.9 Å². The Bertz CT molecular complexity index is 363. The first-order chi connectivity index (χ1) is 6.63. The predicted octanol–water partition coefficient (Wildman–Crippen LogP) is 1.81. The number of anilines is 1. The maximum absolute atomic E-state index is 11.5. The lowest BCUT2D eigenvalue weighted by atomic mass is 10.1. The van der Waals surface area contributed by atoms with Crippen LogP contribution in [-0.2, 0) is 4.79 Å². The normalized spacial score (nSPS) is 9.79. The van der Waals surface area contributed by atoms with E-state index in [0.29, 0.717) is 11.3 Å². The van der Waals surface area contributed by atoms with Gasteiger partial charge < -0.3 is 5.73 Å². The molecule has 0 aromatic heterocycles. The van der Waals surface area contributed by atoms with Crippen LogP contribution in [0.4, 0.5) is 5.69 Å². The van der Waals surface area contributed by atoms with Gasteiger partial charge in [-0.1, -0.05) is 28.1 Å². The van der Waals surface area contributed by atoms with E-state index >= 15 is 0 Å². The summed E-state index contributed by atoms with van der Waals surface area (Å²) >= 11 is 3.00. The van der Waals surface area contributed by atoms with E-state index in [9.17, 15) is 9.59 Å². The van der Waals surface area contributed by atoms with Crippen LogP contribution in [-0.4, -0.2) is 16.9 Å². The fourth-order valence-corrected chi connectivity index (χ4v) is 1.24. The summed E-state index contributed by atoms with van der Waals surface area (Å²) in [6, 6.07) is 6.62. The second kappa shape index (κ2) is 4.91. The van der Waals surface area contributed by atoms with Gasteiger partial charge in [-0.15, -0.1) is 0 Å². The van der Waals surface area contributed by atoms with Crippen LogP contribution in [0.5, 0.6) is 0 Å². The zero-order valence-electron chi connectivity index (χ0n) is 7.50. The van der Waals surface area contributed by atoms with Crippen LogP contribution in [0.2, 0.25) is 0 Å². The van der Waals surface area contributed by atoms with Crippen LogP contribution in [0.25, 0.3) is 0 Å². The molecule has 14 heavy (non-hydrogen) atoms. The molecule has 0 aliphatic carbocycles. The molecular formula is C10H10BrNO2. The topological polar surface area (TPSA) is 60.2 Å². The molecule has 4 heteroatoms. The molecule has 1 aromatic carbocycles. The van der Waals surface area contributed by atoms with E-state index in [1.807, 2.05) is 0 Å². The molecule has 74 valence electrons. The minimum absolute atomic E-state index is 0.0747. The van der Waals surface area contributed by atoms with E-state index in [0.717, 1.165) is 0 Å². The number of benzene rings is 1. The predicted molar refractivity (Wildman–Crippen MR) is 58.6 cm³/mol. The van der Waals surface area contributed by atoms with Crippen molar-refractivity contribution in [1.29, 1.82) is 0 Å². The number of nitrogen functional groups attached to an aromatic ring is 1. The highest BCUT2D eigenvalue weighted by Gasteiger charge is 2.10. The van der Waals surface area contributed by atoms with Crippen molar-refractivity contribution in [2.45, 2.75) is 6.42 Å². The Hall–Kier alpha value is -1.16. The first-order valence-corrected chi connectivity index (χ1v) is 5.22. The molecule has 2 N–H and O–H groups in total. The van der Waals surface area contributed by atoms with Gasteiger partial charge in [0.2, 0.25) is 0 Å². The summed E-state index contributed by atoms with van der Waals surface area (Å²) in [6.45, 7) is 0. The highest BCUT2D eigenvalue weighted by molar-refractivity contribution is 9.09. The highest BCUT2D eigenvalue weighted by atomic mass is 79.9. The fourth-order valence-electron chi connectivity index (χ4n) is 1.04. The zero-order chi connectivity index (χ0) is 10.6. The number of hydrogen-bond acceptors (Lipinski definition) is 3. The summed E-state index contributed by atoms with van der Waals surface area (Å²) in [5.41, 5.74) is 6.53. The molecule has 0 aliphatic rings. The van der Waals surface area contributed by atoms with Gasteiger partial charge in [0, 0.05) is 11.3 Å². The molecule has 0 aliphatic heterocycles. The number of ketones is 2. The van der Waals surface area contributed by atoms with Crippen LogP contribution in [0.15, 0.2) is 24.3 Å². The third-order valence-electron chi connectivity index (χ3n) is 1.72. The van der Waals surface area contributed by atoms with Crippen LogP contribution in [0.1, 0.15) is 16.8 Å². The third-order valence-corrected chi connectivity index (χ3v) is 2.34. The van der Waals surface area contributed by atoms with Gasteiger partial charge in [0.05, 0.1) is 11.8 Å². The van der Waals surface area contributed by atoms with Crippen LogP contribution in [0, 0.1) is 0 Å². The van der Waals surface area contributed by atoms with Gasteiger partial charge in [0.1, 0.15) is 0 Å². The molecule has 0 spiro atoms. The lowest BCUT2D eigenvalue weighted by Gasteiger charge is -1.99. The number of carbonyl (C=O) groups excluding carboxylic acids is 2. The van der Waals surface area contributed by atoms with E-state index < -0.39 is 0 Å². The number of rotatable bonds is 4. The van der Waals surface area contributed by atoms with Crippen LogP contribution < -0.4 is 5.73 Å². The second-order valence-corrected chi connectivity index (χ2v) is 3.46. The Morgan fingerprint density at radius 1 is 1.36 bits per heavy atom. The molecule has 0 amide bonds. The first kappa shape index (κ1) is 10.9. The quantitative estimate of drug-likeness (QED) is 0.387. The Morgan fingerprint density at radius 3 is 2.64 bits per heavy atom. The minimum atomic E-state index is -0.193. The molecule has 1 aromatic rings. The lowest BCUT2D eigenvalue weighted by Crippen LogP contribution is -2.09. The Balaban J connectivity index is 2.75. The standard InChI is InChI=1S/C10H10BrNO2/c11-6-9(13)5-10(14)7-2-1-3-8(12)4-7/h1-4H,5-6,12H2. The van der Waals surface area contributed by atoms with Crippen molar-refractivity contribution in [2.24, 2.45) is 0 Å². The largest absolute Gasteiger partial charge is 0.399 e. The molecule has 0 radical (unpaired) electrons. The van der Waals surface area contributed by atoms with Gasteiger partial charge in [-0.3, -0.25) is 9.59 Å². The molecule has 3 nitrogen and oxygen atoms in total. The Kier molecular flexibility index (Phi) is 3.83. The summed E-state index contributed by atoms with van der Waals surface area (Å²) in [6.07, 6.45) is -0.0747. The zero-order valence-corrected chi connectivity index (χ0v) is 9.08. The average Bonchev–Trinajstić information content (AvgIpc) is 2.17. The maximum atomic E-state index is 11.5. The number of halogens is 1. The van der Waals surface area contributed by atoms with E-state index in [4.69, 9.17) is 5.73 Å². The number of carbonyl (C=O) groups is 2. The number of Topliss-reactive ketones (excluding diaryl/α,β-unsaturated/α-hetero) is 2. The first-order valence-electron chi connectivity index (χ1n) is 4.10. The van der Waals surface area contributed by atoms with E-state index in [-0.39, 0.29) is 23.3 Å². The Morgan fingerprint density at radius 2 is 2.07 bits per heavy atom. The molecular weight excluding hydrogens is 246 g/mol. The summed E-state index contributed by atoms with van der Waals surface area (Å²) in [4.78, 5) is 22.5. The van der Waals surface area contributed by atoms with Gasteiger partial charge in [0.15, 0.2) is 11.6 Å². The molecule has 1 rings (SSSR count). The van der Waals surface area contributed by atoms with Gasteiger partial charge in [-0.2, -0.15) is 0 Å². The van der Waals surface area contributed by atoms with Crippen molar-refractivity contribution in [3.05, 3.63) is 29.8 Å². The maximum Gasteiger partial charge on any atom is 0.170 e. The molecule has 0 unspecified atom stereocenters. The van der Waals surface area contributed by atoms with Crippen molar-refractivity contribution in [3.63, 3.8) is 0 Å². The summed E-state index contributed by atoms with van der Waals surface area (Å²) < 4.78 is 0. The number of alkyl halides is 1. The second-order valence-electron chi connectivity index (χ2n) is 2.90. The third kappa shape index (κ3) is 2.96. The summed E-state index contributed by atoms with van der Waals surface area (Å²) in [5.74, 6) is -0.320. The van der Waals surface area contributed by atoms with Gasteiger partial charge in [-0.05, 0) is 12.1 Å². The average molecular weight is 256 g/mol. The summed E-state index contributed by atoms with van der Waals surface area (Å²) in [7, 11) is 0. The molecule has 0 fully saturated rings. The van der Waals surface area contributed by atoms with Crippen molar-refractivity contribution in [3.8, 4) is 0 Å². The fraction of sp³-hybridized carbons (Fsp3) is 0.200. The van der Waals surface area contributed by atoms with E-state index in [1.54, 1.807) is 24.3 Å². The van der Waals surface area contributed by atoms with Crippen LogP contribution in [0.3, 0.4) is 0 Å². The molecule has 0 atom stereocenters. The van der Waals surface area contributed by atoms with Gasteiger partial charge in [-0.25, -0.2) is 0 Å². The highest BCUT2D eigenvalue weighted by Crippen LogP contribution is 2.09. The van der Waals surface area contributed by atoms with Crippen molar-refractivity contribution in [2.75, 3.05) is 11.1 Å². The van der Waals surface area contributed by atoms with E-state index in [1.165, 1.54) is 0 Å². The Labute approximate surface area is 90.4 Å². The minimum Gasteiger partial charge on any atom is -0.399 e. The van der Waals surface area contributed by atoms with Crippen LogP contribution >= 0.6 is 15.9 Å². The van der Waals surface area contributed by atoms with Gasteiger partial charge in [0.25, 0.3) is 0 Å². The molecule has 0 saturated heterocycles. The SMILES string of the molecule is Nc1cccc(C(=O)CC(=O)CBr)c1. The lowest BCUT2D eigenvalue weighted by molar-refractivity contribution is -0.115. The molecule has 0 heterocycles. The smallest absolute Gasteiger partial charge is 0.170 e. The number of hydrogen-bond donors (Lipinski definition) is 1. The monoisotopic (exact) mass is 255 g/mol. The van der Waals surface area contributed by atoms with Crippen molar-refractivity contribution in [1.82, 2.24) is 0 Å². The van der Waals surface area contributed by atoms with Crippen molar-refractivity contribution >= 4 is 33.2 Å². The molecule has 0 bridgehead atoms. The van der Waals surface area contributed by atoms with Gasteiger partial charge >= 0.3 is 0 Å². The number of nitrogens with two attached hydrogens (primary N) is 1. The summed E-state index contributed by atoms with van der Waals surface area (Å²) in [5, 5.41) is 0.209. The van der Waals surface area contributed by atoms with Crippen molar-refractivity contribution < 1.29 is 9.59 Å².